The number of amides is 1. The summed E-state index contributed by atoms with van der Waals surface area (Å²) in [4.78, 5) is 19.4. The number of fused-ring (bicyclic) bond motifs is 1. The van der Waals surface area contributed by atoms with Gasteiger partial charge in [0.1, 0.15) is 5.82 Å². The lowest BCUT2D eigenvalue weighted by atomic mass is 10.1. The fourth-order valence-corrected chi connectivity index (χ4v) is 5.63. The van der Waals surface area contributed by atoms with Gasteiger partial charge in [0.15, 0.2) is 5.69 Å². The second-order valence-corrected chi connectivity index (χ2v) is 10.3. The molecule has 0 atom stereocenters. The van der Waals surface area contributed by atoms with Crippen molar-refractivity contribution in [2.75, 3.05) is 42.9 Å². The monoisotopic (exact) mass is 523 g/mol. The molecule has 3 heterocycles. The molecular formula is C29H29N7OS. The summed E-state index contributed by atoms with van der Waals surface area (Å²) in [5, 5.41) is 13.1. The minimum absolute atomic E-state index is 0.257. The Bertz CT molecular complexity index is 1550. The van der Waals surface area contributed by atoms with Crippen LogP contribution in [0.4, 0.5) is 11.5 Å². The van der Waals surface area contributed by atoms with Crippen LogP contribution in [0.1, 0.15) is 21.7 Å². The first-order chi connectivity index (χ1) is 18.6. The fourth-order valence-electron chi connectivity index (χ4n) is 4.83. The van der Waals surface area contributed by atoms with Crippen molar-refractivity contribution in [1.29, 1.82) is 0 Å². The van der Waals surface area contributed by atoms with E-state index >= 15 is 0 Å². The average molecular weight is 524 g/mol. The number of anilines is 2. The highest BCUT2D eigenvalue weighted by Gasteiger charge is 2.21. The number of piperazine rings is 1. The van der Waals surface area contributed by atoms with Crippen LogP contribution in [-0.4, -0.2) is 62.9 Å². The van der Waals surface area contributed by atoms with Crippen molar-refractivity contribution in [2.45, 2.75) is 13.3 Å². The van der Waals surface area contributed by atoms with Crippen LogP contribution in [0.3, 0.4) is 0 Å². The molecule has 0 spiro atoms. The molecule has 1 fully saturated rings. The van der Waals surface area contributed by atoms with Crippen LogP contribution >= 0.6 is 11.5 Å². The van der Waals surface area contributed by atoms with Gasteiger partial charge in [-0.2, -0.15) is 14.3 Å². The molecule has 0 bridgehead atoms. The molecule has 2 aromatic heterocycles. The summed E-state index contributed by atoms with van der Waals surface area (Å²) in [5.41, 5.74) is 3.69. The molecule has 1 N–H and O–H groups in total. The number of benzene rings is 3. The van der Waals surface area contributed by atoms with Crippen LogP contribution in [0.2, 0.25) is 0 Å². The van der Waals surface area contributed by atoms with Gasteiger partial charge in [0.2, 0.25) is 0 Å². The number of carbonyl (C=O) groups excluding carboxylic acids is 1. The molecule has 1 aliphatic rings. The molecule has 0 saturated carbocycles. The molecule has 192 valence electrons. The van der Waals surface area contributed by atoms with E-state index in [4.69, 9.17) is 4.37 Å². The Morgan fingerprint density at radius 2 is 1.71 bits per heavy atom. The molecule has 0 aliphatic carbocycles. The van der Waals surface area contributed by atoms with Crippen molar-refractivity contribution in [3.05, 3.63) is 95.8 Å². The highest BCUT2D eigenvalue weighted by molar-refractivity contribution is 7.13. The predicted molar refractivity (Wildman–Crippen MR) is 152 cm³/mol. The van der Waals surface area contributed by atoms with Gasteiger partial charge in [-0.05, 0) is 66.8 Å². The lowest BCUT2D eigenvalue weighted by Crippen LogP contribution is -2.47. The third-order valence-electron chi connectivity index (χ3n) is 6.92. The van der Waals surface area contributed by atoms with Gasteiger partial charge in [-0.3, -0.25) is 9.69 Å². The van der Waals surface area contributed by atoms with Crippen LogP contribution in [0.25, 0.3) is 15.8 Å². The molecular weight excluding hydrogens is 494 g/mol. The molecule has 1 amide bonds. The highest BCUT2D eigenvalue weighted by Crippen LogP contribution is 2.29. The van der Waals surface area contributed by atoms with Crippen molar-refractivity contribution < 1.29 is 4.79 Å². The minimum Gasteiger partial charge on any atom is -0.353 e. The average Bonchev–Trinajstić information content (AvgIpc) is 3.57. The highest BCUT2D eigenvalue weighted by atomic mass is 32.1. The van der Waals surface area contributed by atoms with Crippen LogP contribution in [0.15, 0.2) is 78.9 Å². The van der Waals surface area contributed by atoms with Gasteiger partial charge in [0, 0.05) is 43.8 Å². The van der Waals surface area contributed by atoms with E-state index in [2.05, 4.69) is 55.6 Å². The maximum Gasteiger partial charge on any atom is 0.278 e. The van der Waals surface area contributed by atoms with Crippen LogP contribution < -0.4 is 10.2 Å². The van der Waals surface area contributed by atoms with E-state index < -0.39 is 0 Å². The Morgan fingerprint density at radius 1 is 0.921 bits per heavy atom. The van der Waals surface area contributed by atoms with Crippen molar-refractivity contribution in [1.82, 2.24) is 24.3 Å². The third kappa shape index (κ3) is 5.16. The summed E-state index contributed by atoms with van der Waals surface area (Å²) in [6, 6.07) is 26.1. The first-order valence-electron chi connectivity index (χ1n) is 12.9. The zero-order valence-corrected chi connectivity index (χ0v) is 22.1. The molecule has 3 aromatic carbocycles. The Labute approximate surface area is 225 Å². The quantitative estimate of drug-likeness (QED) is 0.330. The van der Waals surface area contributed by atoms with Gasteiger partial charge in [-0.25, -0.2) is 0 Å². The lowest BCUT2D eigenvalue weighted by molar-refractivity contribution is 0.102. The van der Waals surface area contributed by atoms with Gasteiger partial charge in [0.05, 0.1) is 16.1 Å². The van der Waals surface area contributed by atoms with Gasteiger partial charge >= 0.3 is 0 Å². The van der Waals surface area contributed by atoms with E-state index in [0.717, 1.165) is 56.3 Å². The summed E-state index contributed by atoms with van der Waals surface area (Å²) >= 11 is 1.58. The van der Waals surface area contributed by atoms with E-state index in [0.29, 0.717) is 11.4 Å². The largest absolute Gasteiger partial charge is 0.353 e. The Kier molecular flexibility index (Phi) is 6.85. The summed E-state index contributed by atoms with van der Waals surface area (Å²) in [6.45, 7) is 6.76. The molecule has 1 saturated heterocycles. The lowest BCUT2D eigenvalue weighted by Gasteiger charge is -2.35. The Balaban J connectivity index is 1.04. The number of nitrogens with zero attached hydrogens (tertiary/aromatic N) is 6. The maximum atomic E-state index is 13.0. The molecule has 6 rings (SSSR count). The number of nitrogens with one attached hydrogen (secondary N) is 1. The molecule has 1 aliphatic heterocycles. The predicted octanol–water partition coefficient (Wildman–Crippen LogP) is 4.80. The van der Waals surface area contributed by atoms with Gasteiger partial charge in [-0.15, -0.1) is 5.10 Å². The number of rotatable bonds is 7. The van der Waals surface area contributed by atoms with E-state index in [1.807, 2.05) is 48.5 Å². The molecule has 0 radical (unpaired) electrons. The summed E-state index contributed by atoms with van der Waals surface area (Å²) in [6.07, 6.45) is 0.923. The van der Waals surface area contributed by atoms with E-state index in [-0.39, 0.29) is 5.91 Å². The van der Waals surface area contributed by atoms with E-state index in [1.165, 1.54) is 20.4 Å². The number of hydrogen-bond acceptors (Lipinski definition) is 7. The topological polar surface area (TPSA) is 79.2 Å². The second kappa shape index (κ2) is 10.7. The zero-order chi connectivity index (χ0) is 25.9. The first kappa shape index (κ1) is 24.3. The SMILES string of the molecule is Cc1nn(-c2ccccc2)nc1C(=O)Nc1cccc(CCN2CCN(c3nsc4ccccc34)CC2)c1. The fraction of sp³-hybridized carbons (Fsp3) is 0.241. The first-order valence-corrected chi connectivity index (χ1v) is 13.6. The molecule has 38 heavy (non-hydrogen) atoms. The Morgan fingerprint density at radius 3 is 2.55 bits per heavy atom. The smallest absolute Gasteiger partial charge is 0.278 e. The van der Waals surface area contributed by atoms with Gasteiger partial charge in [0.25, 0.3) is 5.91 Å². The van der Waals surface area contributed by atoms with E-state index in [9.17, 15) is 4.79 Å². The number of aromatic nitrogens is 4. The standard InChI is InChI=1S/C29H29N7OS/c1-21-27(32-36(31-21)24-10-3-2-4-11-24)29(37)30-23-9-7-8-22(20-23)14-15-34-16-18-35(19-17-34)28-25-12-5-6-13-26(25)38-33-28/h2-13,20H,14-19H2,1H3,(H,30,37). The van der Waals surface area contributed by atoms with Crippen molar-refractivity contribution in [3.8, 4) is 5.69 Å². The number of aryl methyl sites for hydroxylation is 1. The summed E-state index contributed by atoms with van der Waals surface area (Å²) in [5.74, 6) is 0.861. The molecule has 8 nitrogen and oxygen atoms in total. The van der Waals surface area contributed by atoms with Gasteiger partial charge < -0.3 is 10.2 Å². The van der Waals surface area contributed by atoms with Crippen LogP contribution in [0, 0.1) is 6.92 Å². The molecule has 9 heteroatoms. The Hall–Kier alpha value is -4.08. The van der Waals surface area contributed by atoms with Gasteiger partial charge in [-0.1, -0.05) is 42.5 Å². The number of carbonyl (C=O) groups is 1. The third-order valence-corrected chi connectivity index (χ3v) is 7.73. The summed E-state index contributed by atoms with van der Waals surface area (Å²) in [7, 11) is 0. The maximum absolute atomic E-state index is 13.0. The molecule has 0 unspecified atom stereocenters. The second-order valence-electron chi connectivity index (χ2n) is 9.49. The zero-order valence-electron chi connectivity index (χ0n) is 21.2. The number of hydrogen-bond donors (Lipinski definition) is 1. The minimum atomic E-state index is -0.257. The van der Waals surface area contributed by atoms with Crippen LogP contribution in [0.5, 0.6) is 0 Å². The normalized spacial score (nSPS) is 14.2. The van der Waals surface area contributed by atoms with E-state index in [1.54, 1.807) is 18.5 Å². The summed E-state index contributed by atoms with van der Waals surface area (Å²) < 4.78 is 5.96. The number of para-hydroxylation sites is 1. The van der Waals surface area contributed by atoms with Crippen molar-refractivity contribution in [2.24, 2.45) is 0 Å². The van der Waals surface area contributed by atoms with Crippen molar-refractivity contribution >= 4 is 39.0 Å². The van der Waals surface area contributed by atoms with Crippen LogP contribution in [-0.2, 0) is 6.42 Å². The molecule has 5 aromatic rings. The van der Waals surface area contributed by atoms with Crippen molar-refractivity contribution in [3.63, 3.8) is 0 Å².